The first kappa shape index (κ1) is 11.5. The third-order valence-corrected chi connectivity index (χ3v) is 2.82. The molecule has 0 bridgehead atoms. The first-order chi connectivity index (χ1) is 8.29. The van der Waals surface area contributed by atoms with Gasteiger partial charge < -0.3 is 4.74 Å². The summed E-state index contributed by atoms with van der Waals surface area (Å²) in [4.78, 5) is 11.2. The molecule has 0 atom stereocenters. The number of aromatic nitrogens is 2. The molecule has 1 amide bonds. The smallest absolute Gasteiger partial charge is 0.413 e. The second-order valence-corrected chi connectivity index (χ2v) is 4.10. The lowest BCUT2D eigenvalue weighted by Gasteiger charge is -1.99. The second-order valence-electron chi connectivity index (χ2n) is 3.12. The fourth-order valence-corrected chi connectivity index (χ4v) is 1.96. The summed E-state index contributed by atoms with van der Waals surface area (Å²) in [5, 5.41) is 11.6. The Balaban J connectivity index is 2.09. The molecule has 2 rings (SSSR count). The van der Waals surface area contributed by atoms with Crippen molar-refractivity contribution >= 4 is 22.6 Å². The molecule has 0 aliphatic rings. The van der Waals surface area contributed by atoms with Crippen molar-refractivity contribution in [3.63, 3.8) is 0 Å². The number of carbonyl (C=O) groups is 1. The van der Waals surface area contributed by atoms with Crippen LogP contribution < -0.4 is 5.32 Å². The highest BCUT2D eigenvalue weighted by molar-refractivity contribution is 7.18. The highest BCUT2D eigenvalue weighted by Crippen LogP contribution is 2.25. The first-order valence-electron chi connectivity index (χ1n) is 5.12. The quantitative estimate of drug-likeness (QED) is 0.908. The van der Waals surface area contributed by atoms with Crippen LogP contribution in [0.15, 0.2) is 30.3 Å². The van der Waals surface area contributed by atoms with Gasteiger partial charge >= 0.3 is 6.09 Å². The number of hydrogen-bond acceptors (Lipinski definition) is 5. The monoisotopic (exact) mass is 249 g/mol. The SMILES string of the molecule is CCOC(=O)Nc1nnc(-c2ccccc2)s1. The molecule has 1 aromatic carbocycles. The van der Waals surface area contributed by atoms with E-state index in [2.05, 4.69) is 15.5 Å². The Bertz CT molecular complexity index is 498. The van der Waals surface area contributed by atoms with Crippen molar-refractivity contribution in [2.24, 2.45) is 0 Å². The van der Waals surface area contributed by atoms with Gasteiger partial charge in [-0.25, -0.2) is 4.79 Å². The minimum Gasteiger partial charge on any atom is -0.450 e. The molecule has 5 nitrogen and oxygen atoms in total. The zero-order valence-corrected chi connectivity index (χ0v) is 10.0. The van der Waals surface area contributed by atoms with E-state index in [0.717, 1.165) is 10.6 Å². The number of nitrogens with one attached hydrogen (secondary N) is 1. The van der Waals surface area contributed by atoms with Gasteiger partial charge in [-0.2, -0.15) is 0 Å². The van der Waals surface area contributed by atoms with Gasteiger partial charge in [0.05, 0.1) is 6.61 Å². The van der Waals surface area contributed by atoms with Gasteiger partial charge in [-0.15, -0.1) is 10.2 Å². The van der Waals surface area contributed by atoms with Crippen molar-refractivity contribution in [2.75, 3.05) is 11.9 Å². The highest BCUT2D eigenvalue weighted by Gasteiger charge is 2.09. The molecule has 1 N–H and O–H groups in total. The number of nitrogens with zero attached hydrogens (tertiary/aromatic N) is 2. The minimum atomic E-state index is -0.511. The van der Waals surface area contributed by atoms with E-state index in [0.29, 0.717) is 11.7 Å². The van der Waals surface area contributed by atoms with E-state index in [9.17, 15) is 4.79 Å². The summed E-state index contributed by atoms with van der Waals surface area (Å²) < 4.78 is 4.75. The van der Waals surface area contributed by atoms with Crippen LogP contribution in [0.3, 0.4) is 0 Å². The predicted octanol–water partition coefficient (Wildman–Crippen LogP) is 2.77. The van der Waals surface area contributed by atoms with Crippen molar-refractivity contribution in [1.82, 2.24) is 10.2 Å². The van der Waals surface area contributed by atoms with Gasteiger partial charge in [0, 0.05) is 5.56 Å². The van der Waals surface area contributed by atoms with E-state index in [1.807, 2.05) is 30.3 Å². The highest BCUT2D eigenvalue weighted by atomic mass is 32.1. The Kier molecular flexibility index (Phi) is 3.66. The number of carbonyl (C=O) groups excluding carboxylic acids is 1. The van der Waals surface area contributed by atoms with Crippen LogP contribution >= 0.6 is 11.3 Å². The van der Waals surface area contributed by atoms with Gasteiger partial charge in [-0.1, -0.05) is 41.7 Å². The number of ether oxygens (including phenoxy) is 1. The minimum absolute atomic E-state index is 0.330. The third kappa shape index (κ3) is 3.01. The Morgan fingerprint density at radius 3 is 2.82 bits per heavy atom. The third-order valence-electron chi connectivity index (χ3n) is 1.93. The normalized spacial score (nSPS) is 9.94. The van der Waals surface area contributed by atoms with Gasteiger partial charge in [0.1, 0.15) is 5.01 Å². The molecule has 0 aliphatic heterocycles. The van der Waals surface area contributed by atoms with E-state index in [-0.39, 0.29) is 0 Å². The molecule has 0 aliphatic carbocycles. The van der Waals surface area contributed by atoms with Crippen molar-refractivity contribution in [2.45, 2.75) is 6.92 Å². The molecule has 1 aromatic heterocycles. The summed E-state index contributed by atoms with van der Waals surface area (Å²) in [7, 11) is 0. The maximum atomic E-state index is 11.2. The number of hydrogen-bond donors (Lipinski definition) is 1. The van der Waals surface area contributed by atoms with Crippen LogP contribution in [0, 0.1) is 0 Å². The summed E-state index contributed by atoms with van der Waals surface area (Å²) in [6, 6.07) is 9.66. The lowest BCUT2D eigenvalue weighted by molar-refractivity contribution is 0.168. The summed E-state index contributed by atoms with van der Waals surface area (Å²) in [5.41, 5.74) is 0.974. The lowest BCUT2D eigenvalue weighted by atomic mass is 10.2. The van der Waals surface area contributed by atoms with Crippen molar-refractivity contribution in [1.29, 1.82) is 0 Å². The van der Waals surface area contributed by atoms with E-state index < -0.39 is 6.09 Å². The molecule has 6 heteroatoms. The Labute approximate surface area is 102 Å². The van der Waals surface area contributed by atoms with Crippen molar-refractivity contribution in [3.8, 4) is 10.6 Å². The van der Waals surface area contributed by atoms with Crippen molar-refractivity contribution < 1.29 is 9.53 Å². The Morgan fingerprint density at radius 1 is 1.35 bits per heavy atom. The lowest BCUT2D eigenvalue weighted by Crippen LogP contribution is -2.12. The van der Waals surface area contributed by atoms with Crippen LogP contribution in [0.4, 0.5) is 9.93 Å². The van der Waals surface area contributed by atoms with Crippen LogP contribution in [0.2, 0.25) is 0 Å². The maximum Gasteiger partial charge on any atom is 0.413 e. The van der Waals surface area contributed by atoms with Crippen LogP contribution in [-0.4, -0.2) is 22.9 Å². The molecule has 0 unspecified atom stereocenters. The number of anilines is 1. The van der Waals surface area contributed by atoms with Crippen LogP contribution in [0.5, 0.6) is 0 Å². The summed E-state index contributed by atoms with van der Waals surface area (Å²) in [5.74, 6) is 0. The summed E-state index contributed by atoms with van der Waals surface area (Å²) >= 11 is 1.31. The van der Waals surface area contributed by atoms with Gasteiger partial charge in [-0.3, -0.25) is 5.32 Å². The fraction of sp³-hybridized carbons (Fsp3) is 0.182. The molecule has 0 radical (unpaired) electrons. The van der Waals surface area contributed by atoms with Crippen LogP contribution in [0.25, 0.3) is 10.6 Å². The molecule has 0 saturated heterocycles. The zero-order valence-electron chi connectivity index (χ0n) is 9.21. The Morgan fingerprint density at radius 2 is 2.12 bits per heavy atom. The van der Waals surface area contributed by atoms with E-state index in [1.54, 1.807) is 6.92 Å². The van der Waals surface area contributed by atoms with Crippen LogP contribution in [-0.2, 0) is 4.74 Å². The van der Waals surface area contributed by atoms with Gasteiger partial charge in [-0.05, 0) is 6.92 Å². The predicted molar refractivity (Wildman–Crippen MR) is 66.0 cm³/mol. The molecule has 0 spiro atoms. The van der Waals surface area contributed by atoms with Gasteiger partial charge in [0.25, 0.3) is 0 Å². The Hall–Kier alpha value is -1.95. The molecule has 2 aromatic rings. The zero-order chi connectivity index (χ0) is 12.1. The molecule has 0 saturated carbocycles. The number of benzene rings is 1. The average molecular weight is 249 g/mol. The molecule has 0 fully saturated rings. The first-order valence-corrected chi connectivity index (χ1v) is 5.94. The van der Waals surface area contributed by atoms with E-state index in [1.165, 1.54) is 11.3 Å². The fourth-order valence-electron chi connectivity index (χ4n) is 1.23. The van der Waals surface area contributed by atoms with Gasteiger partial charge in [0.15, 0.2) is 0 Å². The molecule has 17 heavy (non-hydrogen) atoms. The van der Waals surface area contributed by atoms with Crippen molar-refractivity contribution in [3.05, 3.63) is 30.3 Å². The number of rotatable bonds is 3. The molecular weight excluding hydrogens is 238 g/mol. The largest absolute Gasteiger partial charge is 0.450 e. The van der Waals surface area contributed by atoms with E-state index in [4.69, 9.17) is 4.74 Å². The summed E-state index contributed by atoms with van der Waals surface area (Å²) in [6.45, 7) is 2.07. The second kappa shape index (κ2) is 5.40. The number of amides is 1. The molecular formula is C11H11N3O2S. The van der Waals surface area contributed by atoms with Gasteiger partial charge in [0.2, 0.25) is 5.13 Å². The maximum absolute atomic E-state index is 11.2. The standard InChI is InChI=1S/C11H11N3O2S/c1-2-16-11(15)12-10-14-13-9(17-10)8-6-4-3-5-7-8/h3-7H,2H2,1H3,(H,12,14,15). The topological polar surface area (TPSA) is 64.1 Å². The average Bonchev–Trinajstić information content (AvgIpc) is 2.79. The van der Waals surface area contributed by atoms with E-state index >= 15 is 0 Å². The molecule has 88 valence electrons. The van der Waals surface area contributed by atoms with Crippen LogP contribution in [0.1, 0.15) is 6.92 Å². The molecule has 1 heterocycles. The summed E-state index contributed by atoms with van der Waals surface area (Å²) in [6.07, 6.45) is -0.511.